The largest absolute Gasteiger partial charge is 0.483 e. The molecule has 1 spiro atoms. The fraction of sp³-hybridized carbons (Fsp3) is 0.474. The molecule has 0 aliphatic carbocycles. The summed E-state index contributed by atoms with van der Waals surface area (Å²) < 4.78 is 40.8. The summed E-state index contributed by atoms with van der Waals surface area (Å²) in [5.74, 6) is 0.134. The van der Waals surface area contributed by atoms with Crippen LogP contribution >= 0.6 is 0 Å². The maximum absolute atomic E-state index is 13.2. The van der Waals surface area contributed by atoms with Crippen LogP contribution in [0.3, 0.4) is 0 Å². The number of amides is 1. The van der Waals surface area contributed by atoms with E-state index >= 15 is 0 Å². The topological polar surface area (TPSA) is 94.0 Å². The van der Waals surface area contributed by atoms with E-state index in [4.69, 9.17) is 9.47 Å². The van der Waals surface area contributed by atoms with E-state index < -0.39 is 15.6 Å². The molecule has 10 heteroatoms. The van der Waals surface area contributed by atoms with Gasteiger partial charge in [0, 0.05) is 39.9 Å². The number of hydrogen-bond acceptors (Lipinski definition) is 6. The number of aryl methyl sites for hydroxylation is 1. The van der Waals surface area contributed by atoms with Crippen LogP contribution < -0.4 is 4.74 Å². The van der Waals surface area contributed by atoms with Gasteiger partial charge in [0.05, 0.1) is 19.7 Å². The Kier molecular flexibility index (Phi) is 5.09. The predicted molar refractivity (Wildman–Crippen MR) is 104 cm³/mol. The monoisotopic (exact) mass is 420 g/mol. The Morgan fingerprint density at radius 1 is 1.28 bits per heavy atom. The molecule has 0 radical (unpaired) electrons. The summed E-state index contributed by atoms with van der Waals surface area (Å²) in [5.41, 5.74) is -0.458. The molecule has 2 aliphatic heterocycles. The second-order valence-corrected chi connectivity index (χ2v) is 9.32. The third-order valence-corrected chi connectivity index (χ3v) is 7.22. The number of likely N-dealkylation sites (tertiary alicyclic amines) is 1. The lowest BCUT2D eigenvalue weighted by Crippen LogP contribution is -2.50. The fourth-order valence-corrected chi connectivity index (χ4v) is 5.49. The first kappa shape index (κ1) is 19.9. The molecule has 1 fully saturated rings. The molecule has 0 unspecified atom stereocenters. The Morgan fingerprint density at radius 3 is 2.79 bits per heavy atom. The molecular weight excluding hydrogens is 396 g/mol. The van der Waals surface area contributed by atoms with E-state index in [0.29, 0.717) is 24.4 Å². The first-order valence-electron chi connectivity index (χ1n) is 9.41. The van der Waals surface area contributed by atoms with Gasteiger partial charge in [0.15, 0.2) is 0 Å². The molecule has 29 heavy (non-hydrogen) atoms. The van der Waals surface area contributed by atoms with Crippen molar-refractivity contribution in [3.05, 3.63) is 42.2 Å². The van der Waals surface area contributed by atoms with Crippen LogP contribution in [0.5, 0.6) is 5.75 Å². The van der Waals surface area contributed by atoms with Crippen LogP contribution in [-0.4, -0.2) is 78.8 Å². The highest BCUT2D eigenvalue weighted by molar-refractivity contribution is 7.89. The Morgan fingerprint density at radius 2 is 2.07 bits per heavy atom. The van der Waals surface area contributed by atoms with Gasteiger partial charge in [0.2, 0.25) is 10.0 Å². The molecule has 0 N–H and O–H groups in total. The highest BCUT2D eigenvalue weighted by Gasteiger charge is 2.48. The van der Waals surface area contributed by atoms with E-state index in [1.54, 1.807) is 53.2 Å². The summed E-state index contributed by atoms with van der Waals surface area (Å²) in [6.07, 6.45) is 2.25. The molecule has 2 aliphatic rings. The lowest BCUT2D eigenvalue weighted by molar-refractivity contribution is 0.0483. The van der Waals surface area contributed by atoms with Gasteiger partial charge < -0.3 is 14.4 Å². The molecule has 2 aromatic rings. The second kappa shape index (κ2) is 7.43. The molecular formula is C19H24N4O5S. The number of carbonyl (C=O) groups excluding carboxylic acids is 1. The summed E-state index contributed by atoms with van der Waals surface area (Å²) >= 11 is 0. The average molecular weight is 420 g/mol. The van der Waals surface area contributed by atoms with Crippen molar-refractivity contribution in [3.63, 3.8) is 0 Å². The summed E-state index contributed by atoms with van der Waals surface area (Å²) in [5, 5.41) is 4.18. The van der Waals surface area contributed by atoms with E-state index in [-0.39, 0.29) is 37.0 Å². The van der Waals surface area contributed by atoms with Gasteiger partial charge in [0.25, 0.3) is 5.91 Å². The van der Waals surface area contributed by atoms with E-state index in [1.807, 2.05) is 0 Å². The van der Waals surface area contributed by atoms with Gasteiger partial charge in [-0.25, -0.2) is 8.42 Å². The summed E-state index contributed by atoms with van der Waals surface area (Å²) in [6.45, 7) is 1.39. The second-order valence-electron chi connectivity index (χ2n) is 7.41. The zero-order valence-corrected chi connectivity index (χ0v) is 17.3. The number of sulfonamides is 1. The summed E-state index contributed by atoms with van der Waals surface area (Å²) in [4.78, 5) is 14.7. The van der Waals surface area contributed by atoms with Crippen LogP contribution in [0.25, 0.3) is 0 Å². The van der Waals surface area contributed by atoms with Crippen molar-refractivity contribution in [2.75, 3.05) is 39.9 Å². The van der Waals surface area contributed by atoms with Crippen LogP contribution in [0.1, 0.15) is 16.9 Å². The lowest BCUT2D eigenvalue weighted by atomic mass is 10.0. The quantitative estimate of drug-likeness (QED) is 0.724. The Labute approximate surface area is 169 Å². The molecule has 1 aromatic carbocycles. The molecule has 1 amide bonds. The van der Waals surface area contributed by atoms with Crippen molar-refractivity contribution in [2.45, 2.75) is 16.9 Å². The van der Waals surface area contributed by atoms with Gasteiger partial charge in [-0.05, 0) is 18.2 Å². The van der Waals surface area contributed by atoms with Gasteiger partial charge in [-0.2, -0.15) is 9.40 Å². The minimum absolute atomic E-state index is 0.141. The first-order valence-corrected chi connectivity index (χ1v) is 10.8. The maximum atomic E-state index is 13.2. The number of ether oxygens (including phenoxy) is 2. The normalized spacial score (nSPS) is 23.6. The standard InChI is InChI=1S/C19H24N4O5S/c1-21-9-7-15(20-21)18(24)22-10-8-19(13-22)14-23(11-12-27-2)29(25,26)17-6-4-3-5-16(17)28-19/h3-7,9H,8,10-14H2,1-2H3/t19-/m0/s1. The van der Waals surface area contributed by atoms with Crippen molar-refractivity contribution in [1.82, 2.24) is 19.0 Å². The Balaban J connectivity index is 1.66. The smallest absolute Gasteiger partial charge is 0.274 e. The van der Waals surface area contributed by atoms with Crippen LogP contribution in [0.4, 0.5) is 0 Å². The molecule has 9 nitrogen and oxygen atoms in total. The molecule has 4 rings (SSSR count). The van der Waals surface area contributed by atoms with E-state index in [0.717, 1.165) is 0 Å². The summed E-state index contributed by atoms with van der Waals surface area (Å²) in [7, 11) is -0.441. The van der Waals surface area contributed by atoms with Gasteiger partial charge in [-0.1, -0.05) is 12.1 Å². The Bertz CT molecular complexity index is 1020. The number of rotatable bonds is 4. The minimum atomic E-state index is -3.73. The van der Waals surface area contributed by atoms with E-state index in [9.17, 15) is 13.2 Å². The van der Waals surface area contributed by atoms with Gasteiger partial charge >= 0.3 is 0 Å². The Hall–Kier alpha value is -2.43. The van der Waals surface area contributed by atoms with Crippen LogP contribution in [-0.2, 0) is 21.8 Å². The molecule has 156 valence electrons. The number of aromatic nitrogens is 2. The third kappa shape index (κ3) is 3.63. The zero-order valence-electron chi connectivity index (χ0n) is 16.4. The van der Waals surface area contributed by atoms with Crippen molar-refractivity contribution < 1.29 is 22.7 Å². The van der Waals surface area contributed by atoms with Gasteiger partial charge in [-0.3, -0.25) is 9.48 Å². The van der Waals surface area contributed by atoms with E-state index in [2.05, 4.69) is 5.10 Å². The molecule has 1 atom stereocenters. The number of nitrogens with zero attached hydrogens (tertiary/aromatic N) is 4. The number of benzene rings is 1. The minimum Gasteiger partial charge on any atom is -0.483 e. The number of fused-ring (bicyclic) bond motifs is 1. The number of carbonyl (C=O) groups is 1. The van der Waals surface area contributed by atoms with Crippen LogP contribution in [0.15, 0.2) is 41.4 Å². The number of methoxy groups -OCH3 is 1. The fourth-order valence-electron chi connectivity index (χ4n) is 3.87. The van der Waals surface area contributed by atoms with Crippen molar-refractivity contribution in [3.8, 4) is 5.75 Å². The van der Waals surface area contributed by atoms with E-state index in [1.165, 1.54) is 11.4 Å². The van der Waals surface area contributed by atoms with Crippen molar-refractivity contribution in [1.29, 1.82) is 0 Å². The highest BCUT2D eigenvalue weighted by Crippen LogP contribution is 2.38. The molecule has 0 saturated carbocycles. The number of hydrogen-bond donors (Lipinski definition) is 0. The zero-order chi connectivity index (χ0) is 20.6. The molecule has 0 bridgehead atoms. The molecule has 1 aromatic heterocycles. The first-order chi connectivity index (χ1) is 13.8. The van der Waals surface area contributed by atoms with Crippen LogP contribution in [0, 0.1) is 0 Å². The molecule has 3 heterocycles. The maximum Gasteiger partial charge on any atom is 0.274 e. The van der Waals surface area contributed by atoms with Crippen LogP contribution in [0.2, 0.25) is 0 Å². The number of para-hydroxylation sites is 1. The highest BCUT2D eigenvalue weighted by atomic mass is 32.2. The molecule has 1 saturated heterocycles. The van der Waals surface area contributed by atoms with Crippen molar-refractivity contribution >= 4 is 15.9 Å². The average Bonchev–Trinajstić information content (AvgIpc) is 3.29. The lowest BCUT2D eigenvalue weighted by Gasteiger charge is -2.31. The summed E-state index contributed by atoms with van der Waals surface area (Å²) in [6, 6.07) is 8.31. The van der Waals surface area contributed by atoms with Crippen molar-refractivity contribution in [2.24, 2.45) is 7.05 Å². The predicted octanol–water partition coefficient (Wildman–Crippen LogP) is 0.734. The van der Waals surface area contributed by atoms with Gasteiger partial charge in [0.1, 0.15) is 21.9 Å². The van der Waals surface area contributed by atoms with Gasteiger partial charge in [-0.15, -0.1) is 0 Å². The SMILES string of the molecule is COCCN1C[C@@]2(CCN(C(=O)c3ccn(C)n3)C2)Oc2ccccc2S1(=O)=O. The third-order valence-electron chi connectivity index (χ3n) is 5.34.